The smallest absolute Gasteiger partial charge is 0.480 e. The summed E-state index contributed by atoms with van der Waals surface area (Å²) in [5.41, 5.74) is -2.18. The van der Waals surface area contributed by atoms with Crippen molar-refractivity contribution >= 4 is 39.9 Å². The molecule has 1 N–H and O–H groups in total. The van der Waals surface area contributed by atoms with E-state index in [0.29, 0.717) is 6.07 Å². The molecule has 0 saturated carbocycles. The number of hydrogen-bond acceptors (Lipinski definition) is 6. The molecule has 0 unspecified atom stereocenters. The van der Waals surface area contributed by atoms with Crippen molar-refractivity contribution in [3.8, 4) is 5.88 Å². The number of pyridine rings is 1. The van der Waals surface area contributed by atoms with Gasteiger partial charge in [0.15, 0.2) is 4.90 Å². The molecule has 1 fully saturated rings. The van der Waals surface area contributed by atoms with Crippen molar-refractivity contribution < 1.29 is 31.2 Å². The zero-order chi connectivity index (χ0) is 22.5. The second kappa shape index (κ2) is 7.63. The van der Waals surface area contributed by atoms with Crippen LogP contribution in [0, 0.1) is 11.6 Å². The standard InChI is InChI=1S/C18H20BClF2N2O5S/c1-17(2)18(3,4)29-19(28-17)11-7-14(13(22)8-12(11)21)24-30(25,26)15-6-10(20)9-23-16(15)27-5/h6-9,24H,1-5H3. The van der Waals surface area contributed by atoms with E-state index in [1.165, 1.54) is 13.3 Å². The summed E-state index contributed by atoms with van der Waals surface area (Å²) in [5.74, 6) is -2.29. The molecule has 0 atom stereocenters. The molecule has 1 aliphatic heterocycles. The maximum absolute atomic E-state index is 14.5. The predicted octanol–water partition coefficient (Wildman–Crippen LogP) is 3.12. The van der Waals surface area contributed by atoms with E-state index in [2.05, 4.69) is 9.71 Å². The topological polar surface area (TPSA) is 86.8 Å². The molecule has 3 rings (SSSR count). The van der Waals surface area contributed by atoms with Gasteiger partial charge in [0.25, 0.3) is 10.0 Å². The molecule has 0 aliphatic carbocycles. The van der Waals surface area contributed by atoms with Crippen LogP contribution in [0.1, 0.15) is 27.7 Å². The largest absolute Gasteiger partial charge is 0.497 e. The highest BCUT2D eigenvalue weighted by atomic mass is 35.5. The Morgan fingerprint density at radius 2 is 1.70 bits per heavy atom. The van der Waals surface area contributed by atoms with Gasteiger partial charge in [-0.15, -0.1) is 0 Å². The highest BCUT2D eigenvalue weighted by molar-refractivity contribution is 7.92. The van der Waals surface area contributed by atoms with Gasteiger partial charge in [0.2, 0.25) is 5.88 Å². The average molecular weight is 461 g/mol. The van der Waals surface area contributed by atoms with Gasteiger partial charge in [-0.05, 0) is 39.8 Å². The molecular formula is C18H20BClF2N2O5S. The van der Waals surface area contributed by atoms with Gasteiger partial charge in [-0.2, -0.15) is 0 Å². The summed E-state index contributed by atoms with van der Waals surface area (Å²) >= 11 is 5.83. The number of rotatable bonds is 5. The maximum Gasteiger partial charge on any atom is 0.497 e. The summed E-state index contributed by atoms with van der Waals surface area (Å²) in [7, 11) is -4.29. The Labute approximate surface area is 178 Å². The summed E-state index contributed by atoms with van der Waals surface area (Å²) in [5, 5.41) is 0.0358. The second-order valence-corrected chi connectivity index (χ2v) is 9.80. The SMILES string of the molecule is COc1ncc(Cl)cc1S(=O)(=O)Nc1cc(B2OC(C)(C)C(C)(C)O2)c(F)cc1F. The number of aromatic nitrogens is 1. The van der Waals surface area contributed by atoms with E-state index in [1.54, 1.807) is 27.7 Å². The minimum Gasteiger partial charge on any atom is -0.480 e. The molecule has 2 aromatic rings. The van der Waals surface area contributed by atoms with Gasteiger partial charge in [0, 0.05) is 17.7 Å². The molecule has 30 heavy (non-hydrogen) atoms. The maximum atomic E-state index is 14.5. The van der Waals surface area contributed by atoms with Crippen LogP contribution in [0.4, 0.5) is 14.5 Å². The first-order chi connectivity index (χ1) is 13.8. The van der Waals surface area contributed by atoms with E-state index >= 15 is 0 Å². The highest BCUT2D eigenvalue weighted by Gasteiger charge is 2.52. The second-order valence-electron chi connectivity index (χ2n) is 7.71. The van der Waals surface area contributed by atoms with Crippen molar-refractivity contribution in [2.75, 3.05) is 11.8 Å². The molecular weight excluding hydrogens is 441 g/mol. The molecule has 162 valence electrons. The van der Waals surface area contributed by atoms with E-state index in [4.69, 9.17) is 25.6 Å². The number of halogens is 3. The third-order valence-corrected chi connectivity index (χ3v) is 6.67. The van der Waals surface area contributed by atoms with Crippen molar-refractivity contribution in [3.63, 3.8) is 0 Å². The van der Waals surface area contributed by atoms with Gasteiger partial charge in [-0.1, -0.05) is 11.6 Å². The molecule has 1 aliphatic rings. The summed E-state index contributed by atoms with van der Waals surface area (Å²) < 4.78 is 73.1. The molecule has 0 bridgehead atoms. The van der Waals surface area contributed by atoms with Crippen LogP contribution in [0.3, 0.4) is 0 Å². The average Bonchev–Trinajstić information content (AvgIpc) is 2.84. The number of anilines is 1. The predicted molar refractivity (Wildman–Crippen MR) is 109 cm³/mol. The van der Waals surface area contributed by atoms with E-state index in [1.807, 2.05) is 0 Å². The van der Waals surface area contributed by atoms with Crippen molar-refractivity contribution in [3.05, 3.63) is 41.1 Å². The van der Waals surface area contributed by atoms with Crippen molar-refractivity contribution in [2.24, 2.45) is 0 Å². The Morgan fingerprint density at radius 3 is 2.27 bits per heavy atom. The minimum atomic E-state index is -4.37. The molecule has 1 aromatic carbocycles. The van der Waals surface area contributed by atoms with E-state index in [0.717, 1.165) is 12.1 Å². The van der Waals surface area contributed by atoms with Gasteiger partial charge >= 0.3 is 7.12 Å². The minimum absolute atomic E-state index is 0.0358. The van der Waals surface area contributed by atoms with Crippen LogP contribution in [0.5, 0.6) is 5.88 Å². The Hall–Kier alpha value is -1.95. The fourth-order valence-electron chi connectivity index (χ4n) is 2.75. The van der Waals surface area contributed by atoms with E-state index in [-0.39, 0.29) is 16.4 Å². The van der Waals surface area contributed by atoms with E-state index < -0.39 is 50.6 Å². The summed E-state index contributed by atoms with van der Waals surface area (Å²) in [4.78, 5) is 3.38. The lowest BCUT2D eigenvalue weighted by molar-refractivity contribution is 0.00578. The van der Waals surface area contributed by atoms with Crippen molar-refractivity contribution in [1.29, 1.82) is 0 Å². The number of nitrogens with one attached hydrogen (secondary N) is 1. The molecule has 0 radical (unpaired) electrons. The molecule has 7 nitrogen and oxygen atoms in total. The Bertz CT molecular complexity index is 1080. The molecule has 12 heteroatoms. The van der Waals surface area contributed by atoms with Crippen LogP contribution in [0.15, 0.2) is 29.3 Å². The number of hydrogen-bond donors (Lipinski definition) is 1. The Morgan fingerprint density at radius 1 is 1.10 bits per heavy atom. The first kappa shape index (κ1) is 22.7. The quantitative estimate of drug-likeness (QED) is 0.690. The van der Waals surface area contributed by atoms with Gasteiger partial charge < -0.3 is 14.0 Å². The van der Waals surface area contributed by atoms with Crippen LogP contribution in [0.2, 0.25) is 5.02 Å². The molecule has 2 heterocycles. The third-order valence-electron chi connectivity index (χ3n) is 5.11. The number of nitrogens with zero attached hydrogens (tertiary/aromatic N) is 1. The fraction of sp³-hybridized carbons (Fsp3) is 0.389. The summed E-state index contributed by atoms with van der Waals surface area (Å²) in [6.45, 7) is 7.10. The number of sulfonamides is 1. The van der Waals surface area contributed by atoms with Gasteiger partial charge in [0.05, 0.1) is 29.0 Å². The first-order valence-electron chi connectivity index (χ1n) is 8.84. The zero-order valence-electron chi connectivity index (χ0n) is 16.9. The van der Waals surface area contributed by atoms with Gasteiger partial charge in [-0.3, -0.25) is 4.72 Å². The monoisotopic (exact) mass is 460 g/mol. The Kier molecular flexibility index (Phi) is 5.78. The molecule has 1 saturated heterocycles. The van der Waals surface area contributed by atoms with Gasteiger partial charge in [-0.25, -0.2) is 22.2 Å². The number of ether oxygens (including phenoxy) is 1. The molecule has 0 spiro atoms. The summed E-state index contributed by atoms with van der Waals surface area (Å²) in [6.07, 6.45) is 1.20. The first-order valence-corrected chi connectivity index (χ1v) is 10.7. The van der Waals surface area contributed by atoms with Crippen LogP contribution in [-0.2, 0) is 19.3 Å². The lowest BCUT2D eigenvalue weighted by Gasteiger charge is -2.32. The van der Waals surface area contributed by atoms with E-state index in [9.17, 15) is 17.2 Å². The van der Waals surface area contributed by atoms with Crippen LogP contribution >= 0.6 is 11.6 Å². The van der Waals surface area contributed by atoms with Crippen LogP contribution in [-0.4, -0.2) is 38.8 Å². The number of benzene rings is 1. The highest BCUT2D eigenvalue weighted by Crippen LogP contribution is 2.37. The fourth-order valence-corrected chi connectivity index (χ4v) is 4.17. The van der Waals surface area contributed by atoms with Gasteiger partial charge in [0.1, 0.15) is 11.6 Å². The summed E-state index contributed by atoms with van der Waals surface area (Å²) in [6, 6.07) is 2.66. The van der Waals surface area contributed by atoms with Crippen LogP contribution < -0.4 is 14.9 Å². The molecule has 1 aromatic heterocycles. The number of methoxy groups -OCH3 is 1. The normalized spacial score (nSPS) is 17.8. The third kappa shape index (κ3) is 4.11. The van der Waals surface area contributed by atoms with Crippen molar-refractivity contribution in [1.82, 2.24) is 4.98 Å². The van der Waals surface area contributed by atoms with Crippen molar-refractivity contribution in [2.45, 2.75) is 43.8 Å². The lowest BCUT2D eigenvalue weighted by Crippen LogP contribution is -2.41. The molecule has 0 amide bonds. The zero-order valence-corrected chi connectivity index (χ0v) is 18.5. The van der Waals surface area contributed by atoms with Crippen LogP contribution in [0.25, 0.3) is 0 Å². The Balaban J connectivity index is 2.01. The lowest BCUT2D eigenvalue weighted by atomic mass is 9.78.